The molecule has 0 bridgehead atoms. The zero-order valence-electron chi connectivity index (χ0n) is 39.5. The number of carbonyl (C=O) groups excluding carboxylic acids is 2. The van der Waals surface area contributed by atoms with Gasteiger partial charge in [0.05, 0.1) is 27.4 Å². The number of rotatable bonds is 15. The van der Waals surface area contributed by atoms with Crippen LogP contribution in [0.2, 0.25) is 0 Å². The van der Waals surface area contributed by atoms with Gasteiger partial charge in [0, 0.05) is 42.0 Å². The summed E-state index contributed by atoms with van der Waals surface area (Å²) in [5.74, 6) is 0.394. The zero-order valence-corrected chi connectivity index (χ0v) is 41.2. The lowest BCUT2D eigenvalue weighted by Gasteiger charge is -2.42. The van der Waals surface area contributed by atoms with Gasteiger partial charge in [0.1, 0.15) is 34.9 Å². The van der Waals surface area contributed by atoms with Gasteiger partial charge in [-0.25, -0.2) is 26.3 Å². The van der Waals surface area contributed by atoms with E-state index in [1.807, 2.05) is 39.0 Å². The third-order valence-electron chi connectivity index (χ3n) is 12.2. The van der Waals surface area contributed by atoms with E-state index in [1.165, 1.54) is 35.9 Å². The molecule has 2 aliphatic rings. The molecule has 4 atom stereocenters. The summed E-state index contributed by atoms with van der Waals surface area (Å²) in [4.78, 5) is 26.5. The van der Waals surface area contributed by atoms with Crippen LogP contribution in [-0.2, 0) is 32.9 Å². The Bertz CT molecular complexity index is 2840. The second kappa shape index (κ2) is 20.9. The fourth-order valence-electron chi connectivity index (χ4n) is 8.10. The molecule has 2 heterocycles. The highest BCUT2D eigenvalue weighted by Crippen LogP contribution is 2.42. The number of hydrogen-bond acceptors (Lipinski definition) is 11. The second-order valence-electron chi connectivity index (χ2n) is 17.9. The van der Waals surface area contributed by atoms with Gasteiger partial charge in [-0.2, -0.15) is 4.39 Å². The number of aliphatic hydroxyl groups excluding tert-OH is 2. The molecule has 0 radical (unpaired) electrons. The maximum atomic E-state index is 13.3. The Morgan fingerprint density at radius 1 is 0.662 bits per heavy atom. The predicted octanol–water partition coefficient (Wildman–Crippen LogP) is 7.28. The van der Waals surface area contributed by atoms with Crippen molar-refractivity contribution in [2.75, 3.05) is 24.5 Å². The summed E-state index contributed by atoms with van der Waals surface area (Å²) in [6.45, 7) is 16.6. The highest BCUT2D eigenvalue weighted by atomic mass is 32.2. The number of carbonyl (C=O) groups is 2. The number of benzene rings is 5. The largest absolute Gasteiger partial charge is 0.485 e. The first-order chi connectivity index (χ1) is 32.0. The lowest BCUT2D eigenvalue weighted by atomic mass is 9.86. The van der Waals surface area contributed by atoms with E-state index in [1.54, 1.807) is 82.3 Å². The van der Waals surface area contributed by atoms with E-state index < -0.39 is 61.6 Å². The van der Waals surface area contributed by atoms with Gasteiger partial charge in [-0.05, 0) is 144 Å². The zero-order chi connectivity index (χ0) is 49.8. The number of amides is 1. The molecule has 0 aliphatic carbocycles. The number of aryl methyl sites for hydroxylation is 3. The van der Waals surface area contributed by atoms with Crippen LogP contribution in [0, 0.1) is 6.92 Å². The summed E-state index contributed by atoms with van der Waals surface area (Å²) in [7, 11) is -7.96. The minimum absolute atomic E-state index is 0.0421. The van der Waals surface area contributed by atoms with E-state index in [0.717, 1.165) is 36.2 Å². The van der Waals surface area contributed by atoms with Crippen molar-refractivity contribution >= 4 is 37.7 Å². The second-order valence-corrected chi connectivity index (χ2v) is 21.4. The molecule has 364 valence electrons. The molecule has 0 unspecified atom stereocenters. The van der Waals surface area contributed by atoms with Crippen LogP contribution >= 0.6 is 0 Å². The Hall–Kier alpha value is -5.69. The van der Waals surface area contributed by atoms with Crippen LogP contribution in [0.1, 0.15) is 109 Å². The molecule has 68 heavy (non-hydrogen) atoms. The van der Waals surface area contributed by atoms with Crippen LogP contribution in [0.5, 0.6) is 11.5 Å². The number of hydrogen-bond donors (Lipinski definition) is 5. The number of sulfonamides is 2. The first-order valence-corrected chi connectivity index (χ1v) is 25.5. The van der Waals surface area contributed by atoms with Crippen LogP contribution in [-0.4, -0.2) is 82.0 Å². The maximum Gasteiger partial charge on any atom is 0.332 e. The molecule has 0 aromatic heterocycles. The summed E-state index contributed by atoms with van der Waals surface area (Å²) in [6, 6.07) is 26.2. The summed E-state index contributed by atoms with van der Waals surface area (Å²) in [6.07, 6.45) is -0.903. The summed E-state index contributed by atoms with van der Waals surface area (Å²) < 4.78 is 82.4. The molecule has 0 saturated heterocycles. The van der Waals surface area contributed by atoms with Crippen LogP contribution in [0.3, 0.4) is 0 Å². The van der Waals surface area contributed by atoms with E-state index >= 15 is 0 Å². The van der Waals surface area contributed by atoms with Crippen molar-refractivity contribution in [3.8, 4) is 11.5 Å². The number of fused-ring (bicyclic) bond motifs is 2. The lowest BCUT2D eigenvalue weighted by Crippen LogP contribution is -2.53. The Kier molecular flexibility index (Phi) is 15.9. The number of likely N-dealkylation sites (N-methyl/N-ethyl adjacent to an activating group) is 1. The molecular weight excluding hydrogens is 912 g/mol. The number of nitrogens with zero attached hydrogens (tertiary/aromatic N) is 1. The minimum atomic E-state index is -3.99. The summed E-state index contributed by atoms with van der Waals surface area (Å²) >= 11 is 0. The van der Waals surface area contributed by atoms with Gasteiger partial charge in [-0.1, -0.05) is 50.2 Å². The third kappa shape index (κ3) is 11.8. The maximum absolute atomic E-state index is 13.3. The molecular formula is C51H61FN4O10S2. The van der Waals surface area contributed by atoms with E-state index in [9.17, 15) is 41.0 Å². The van der Waals surface area contributed by atoms with Crippen molar-refractivity contribution in [2.45, 2.75) is 114 Å². The Labute approximate surface area is 399 Å². The van der Waals surface area contributed by atoms with Gasteiger partial charge >= 0.3 is 6.04 Å². The molecule has 2 aliphatic heterocycles. The molecule has 14 nitrogen and oxygen atoms in total. The van der Waals surface area contributed by atoms with Crippen LogP contribution in [0.15, 0.2) is 119 Å². The summed E-state index contributed by atoms with van der Waals surface area (Å²) in [5.41, 5.74) is 2.82. The van der Waals surface area contributed by atoms with E-state index in [0.29, 0.717) is 30.0 Å². The highest BCUT2D eigenvalue weighted by Gasteiger charge is 2.46. The quantitative estimate of drug-likeness (QED) is 0.0661. The topological polar surface area (TPSA) is 201 Å². The summed E-state index contributed by atoms with van der Waals surface area (Å²) in [5, 5.41) is 24.9. The standard InChI is InChI=1S/C31H39N3O5S.C20H22FNO5S/c1-6-22-11-14-25(15-12-22)40(37,38)33-28-26-20-23(13-16-27(26)39-31(4,5)29(28)35)30(36)32-17-18-34(7-2)24-10-8-9-21(3)19-24;1-4-12-5-8-14(9-6-12)28(25,26)22-17-15-11-13(19(21)24)7-10-16(15)27-20(2,3)18(17)23/h8-16,19-20,28-29,33,35H,6-7,17-18H2,1-5H3,(H,32,36);5-11,17-18,22-23H,4H2,1-3H3/t28-,29+;17-,18+/m11/s1. The number of halogens is 1. The molecule has 1 amide bonds. The van der Waals surface area contributed by atoms with E-state index in [2.05, 4.69) is 32.7 Å². The SMILES string of the molecule is CCc1ccc(S(=O)(=O)N[C@@H]2c3cc(C(=O)F)ccc3OC(C)(C)[C@H]2O)cc1.CCc1ccc(S(=O)(=O)N[C@@H]2c3cc(C(=O)NCCN(CC)c4cccc(C)c4)ccc3OC(C)(C)[C@H]2O)cc1. The number of aliphatic hydroxyl groups is 2. The number of ether oxygens (including phenoxy) is 2. The van der Waals surface area contributed by atoms with Gasteiger partial charge < -0.3 is 29.9 Å². The minimum Gasteiger partial charge on any atom is -0.485 e. The van der Waals surface area contributed by atoms with Crippen LogP contribution < -0.4 is 29.1 Å². The molecule has 17 heteroatoms. The van der Waals surface area contributed by atoms with Crippen molar-refractivity contribution in [3.05, 3.63) is 148 Å². The molecule has 5 aromatic rings. The average molecular weight is 973 g/mol. The first-order valence-electron chi connectivity index (χ1n) is 22.5. The van der Waals surface area contributed by atoms with Crippen molar-refractivity contribution in [1.29, 1.82) is 0 Å². The van der Waals surface area contributed by atoms with Crippen molar-refractivity contribution < 1.29 is 50.5 Å². The molecule has 5 N–H and O–H groups in total. The van der Waals surface area contributed by atoms with Gasteiger partial charge in [0.2, 0.25) is 20.0 Å². The van der Waals surface area contributed by atoms with Gasteiger partial charge in [-0.3, -0.25) is 9.59 Å². The molecule has 0 spiro atoms. The van der Waals surface area contributed by atoms with Crippen LogP contribution in [0.25, 0.3) is 0 Å². The number of anilines is 1. The Morgan fingerprint density at radius 2 is 1.12 bits per heavy atom. The van der Waals surface area contributed by atoms with E-state index in [-0.39, 0.29) is 32.6 Å². The first kappa shape index (κ1) is 51.7. The van der Waals surface area contributed by atoms with Gasteiger partial charge in [-0.15, -0.1) is 0 Å². The normalized spacial score (nSPS) is 19.2. The smallest absolute Gasteiger partial charge is 0.332 e. The highest BCUT2D eigenvalue weighted by molar-refractivity contribution is 7.89. The average Bonchev–Trinajstić information content (AvgIpc) is 3.30. The molecule has 0 saturated carbocycles. The lowest BCUT2D eigenvalue weighted by molar-refractivity contribution is -0.0603. The predicted molar refractivity (Wildman–Crippen MR) is 259 cm³/mol. The number of nitrogens with one attached hydrogen (secondary N) is 3. The molecule has 5 aromatic carbocycles. The van der Waals surface area contributed by atoms with Gasteiger partial charge in [0.15, 0.2) is 0 Å². The van der Waals surface area contributed by atoms with Crippen molar-refractivity contribution in [3.63, 3.8) is 0 Å². The fraction of sp³-hybridized carbons (Fsp3) is 0.373. The third-order valence-corrected chi connectivity index (χ3v) is 15.2. The van der Waals surface area contributed by atoms with Crippen molar-refractivity contribution in [1.82, 2.24) is 14.8 Å². The molecule has 7 rings (SSSR count). The Morgan fingerprint density at radius 3 is 1.54 bits per heavy atom. The van der Waals surface area contributed by atoms with E-state index in [4.69, 9.17) is 9.47 Å². The molecule has 0 fully saturated rings. The van der Waals surface area contributed by atoms with Crippen molar-refractivity contribution in [2.24, 2.45) is 0 Å². The monoisotopic (exact) mass is 972 g/mol. The van der Waals surface area contributed by atoms with Gasteiger partial charge in [0.25, 0.3) is 5.91 Å². The Balaban J connectivity index is 0.000000238. The van der Waals surface area contributed by atoms with Crippen LogP contribution in [0.4, 0.5) is 10.1 Å². The fourth-order valence-corrected chi connectivity index (χ4v) is 10.5.